The van der Waals surface area contributed by atoms with Gasteiger partial charge in [0.1, 0.15) is 10.7 Å². The predicted molar refractivity (Wildman–Crippen MR) is 79.9 cm³/mol. The van der Waals surface area contributed by atoms with Crippen molar-refractivity contribution in [2.45, 2.75) is 13.8 Å². The van der Waals surface area contributed by atoms with E-state index in [4.69, 9.17) is 0 Å². The normalized spacial score (nSPS) is 10.2. The monoisotopic (exact) mass is 307 g/mol. The lowest BCUT2D eigenvalue weighted by Crippen LogP contribution is -2.12. The van der Waals surface area contributed by atoms with Crippen molar-refractivity contribution in [2.75, 3.05) is 17.2 Å². The molecule has 1 amide bonds. The summed E-state index contributed by atoms with van der Waals surface area (Å²) in [6.07, 6.45) is 0. The van der Waals surface area contributed by atoms with Crippen LogP contribution < -0.4 is 10.6 Å². The van der Waals surface area contributed by atoms with Crippen molar-refractivity contribution in [3.05, 3.63) is 38.9 Å². The van der Waals surface area contributed by atoms with Gasteiger partial charge in [0.15, 0.2) is 0 Å². The molecule has 0 atom stereocenters. The summed E-state index contributed by atoms with van der Waals surface area (Å²) in [6, 6.07) is 4.28. The minimum absolute atomic E-state index is 0.141. The first-order valence-corrected chi connectivity index (χ1v) is 6.96. The number of anilines is 2. The summed E-state index contributed by atoms with van der Waals surface area (Å²) in [4.78, 5) is 22.6. The van der Waals surface area contributed by atoms with Crippen LogP contribution in [0.1, 0.15) is 22.3 Å². The van der Waals surface area contributed by atoms with Crippen molar-refractivity contribution < 1.29 is 9.72 Å². The van der Waals surface area contributed by atoms with Crippen LogP contribution >= 0.6 is 11.3 Å². The third-order valence-electron chi connectivity index (χ3n) is 2.57. The minimum atomic E-state index is -0.524. The van der Waals surface area contributed by atoms with E-state index in [9.17, 15) is 14.9 Å². The van der Waals surface area contributed by atoms with Gasteiger partial charge in [-0.1, -0.05) is 11.3 Å². The van der Waals surface area contributed by atoms with E-state index >= 15 is 0 Å². The SMILES string of the molecule is CCNc1ccc(C(=O)Nc2nnc(C)s2)cc1[N+](=O)[O-]. The molecule has 0 bridgehead atoms. The number of nitrogens with zero attached hydrogens (tertiary/aromatic N) is 3. The number of carbonyl (C=O) groups is 1. The van der Waals surface area contributed by atoms with Crippen molar-refractivity contribution in [3.8, 4) is 0 Å². The molecule has 0 aliphatic rings. The molecule has 110 valence electrons. The Morgan fingerprint density at radius 1 is 1.43 bits per heavy atom. The molecule has 0 fully saturated rings. The first-order valence-electron chi connectivity index (χ1n) is 6.15. The van der Waals surface area contributed by atoms with Gasteiger partial charge in [0, 0.05) is 18.2 Å². The largest absolute Gasteiger partial charge is 0.380 e. The number of amides is 1. The zero-order chi connectivity index (χ0) is 15.4. The molecule has 9 heteroatoms. The average Bonchev–Trinajstić information content (AvgIpc) is 2.84. The average molecular weight is 307 g/mol. The lowest BCUT2D eigenvalue weighted by Gasteiger charge is -2.06. The van der Waals surface area contributed by atoms with Gasteiger partial charge < -0.3 is 5.32 Å². The summed E-state index contributed by atoms with van der Waals surface area (Å²) < 4.78 is 0. The van der Waals surface area contributed by atoms with Crippen LogP contribution in [0.4, 0.5) is 16.5 Å². The fourth-order valence-electron chi connectivity index (χ4n) is 1.68. The Morgan fingerprint density at radius 2 is 2.19 bits per heavy atom. The van der Waals surface area contributed by atoms with Crippen molar-refractivity contribution in [3.63, 3.8) is 0 Å². The Morgan fingerprint density at radius 3 is 2.76 bits per heavy atom. The zero-order valence-corrected chi connectivity index (χ0v) is 12.2. The van der Waals surface area contributed by atoms with Gasteiger partial charge in [0.25, 0.3) is 11.6 Å². The molecular formula is C12H13N5O3S. The standard InChI is InChI=1S/C12H13N5O3S/c1-3-13-9-5-4-8(6-10(9)17(19)20)11(18)14-12-16-15-7(2)21-12/h4-6,13H,3H2,1-2H3,(H,14,16,18). The molecule has 0 aliphatic heterocycles. The molecule has 1 heterocycles. The number of hydrogen-bond acceptors (Lipinski definition) is 7. The summed E-state index contributed by atoms with van der Waals surface area (Å²) in [5.74, 6) is -0.461. The number of nitro groups is 1. The Labute approximate surface area is 124 Å². The Balaban J connectivity index is 2.25. The molecule has 2 N–H and O–H groups in total. The van der Waals surface area contributed by atoms with Crippen LogP contribution in [0.5, 0.6) is 0 Å². The van der Waals surface area contributed by atoms with E-state index in [1.165, 1.54) is 29.5 Å². The Kier molecular flexibility index (Phi) is 4.43. The van der Waals surface area contributed by atoms with Crippen LogP contribution in [0.15, 0.2) is 18.2 Å². The third-order valence-corrected chi connectivity index (χ3v) is 3.32. The highest BCUT2D eigenvalue weighted by atomic mass is 32.1. The second kappa shape index (κ2) is 6.27. The molecule has 21 heavy (non-hydrogen) atoms. The molecule has 0 unspecified atom stereocenters. The smallest absolute Gasteiger partial charge is 0.293 e. The quantitative estimate of drug-likeness (QED) is 0.648. The fraction of sp³-hybridized carbons (Fsp3) is 0.250. The number of benzene rings is 1. The fourth-order valence-corrected chi connectivity index (χ4v) is 2.27. The minimum Gasteiger partial charge on any atom is -0.380 e. The highest BCUT2D eigenvalue weighted by Crippen LogP contribution is 2.26. The molecule has 2 rings (SSSR count). The topological polar surface area (TPSA) is 110 Å². The van der Waals surface area contributed by atoms with E-state index in [1.807, 2.05) is 6.92 Å². The van der Waals surface area contributed by atoms with Gasteiger partial charge in [-0.15, -0.1) is 10.2 Å². The molecule has 8 nitrogen and oxygen atoms in total. The summed E-state index contributed by atoms with van der Waals surface area (Å²) in [5.41, 5.74) is 0.431. The number of nitro benzene ring substituents is 1. The molecule has 0 saturated heterocycles. The zero-order valence-electron chi connectivity index (χ0n) is 11.4. The third kappa shape index (κ3) is 3.51. The van der Waals surface area contributed by atoms with Gasteiger partial charge in [-0.25, -0.2) is 0 Å². The number of nitrogens with one attached hydrogen (secondary N) is 2. The van der Waals surface area contributed by atoms with Crippen molar-refractivity contribution >= 4 is 33.8 Å². The van der Waals surface area contributed by atoms with E-state index < -0.39 is 10.8 Å². The van der Waals surface area contributed by atoms with Gasteiger partial charge in [0.05, 0.1) is 4.92 Å². The summed E-state index contributed by atoms with van der Waals surface area (Å²) in [7, 11) is 0. The van der Waals surface area contributed by atoms with E-state index in [-0.39, 0.29) is 11.3 Å². The number of hydrogen-bond donors (Lipinski definition) is 2. The van der Waals surface area contributed by atoms with Gasteiger partial charge in [-0.05, 0) is 26.0 Å². The molecular weight excluding hydrogens is 294 g/mol. The molecule has 0 saturated carbocycles. The second-order valence-corrected chi connectivity index (χ2v) is 5.28. The first-order chi connectivity index (χ1) is 10.0. The Hall–Kier alpha value is -2.55. The van der Waals surface area contributed by atoms with Gasteiger partial charge >= 0.3 is 0 Å². The predicted octanol–water partition coefficient (Wildman–Crippen LogP) is 2.44. The van der Waals surface area contributed by atoms with Gasteiger partial charge in [0.2, 0.25) is 5.13 Å². The van der Waals surface area contributed by atoms with Crippen LogP contribution in [0.2, 0.25) is 0 Å². The van der Waals surface area contributed by atoms with E-state index in [2.05, 4.69) is 20.8 Å². The molecule has 0 radical (unpaired) electrons. The van der Waals surface area contributed by atoms with Crippen molar-refractivity contribution in [1.29, 1.82) is 0 Å². The van der Waals surface area contributed by atoms with Crippen LogP contribution in [0, 0.1) is 17.0 Å². The summed E-state index contributed by atoms with van der Waals surface area (Å²) in [5, 5.41) is 25.1. The van der Waals surface area contributed by atoms with Crippen LogP contribution in [-0.2, 0) is 0 Å². The van der Waals surface area contributed by atoms with Gasteiger partial charge in [-0.3, -0.25) is 20.2 Å². The maximum atomic E-state index is 12.1. The number of aryl methyl sites for hydroxylation is 1. The molecule has 0 aliphatic carbocycles. The van der Waals surface area contributed by atoms with E-state index in [0.717, 1.165) is 5.01 Å². The van der Waals surface area contributed by atoms with Crippen molar-refractivity contribution in [1.82, 2.24) is 10.2 Å². The van der Waals surface area contributed by atoms with E-state index in [0.29, 0.717) is 17.4 Å². The lowest BCUT2D eigenvalue weighted by molar-refractivity contribution is -0.384. The number of aromatic nitrogens is 2. The molecule has 0 spiro atoms. The summed E-state index contributed by atoms with van der Waals surface area (Å²) in [6.45, 7) is 4.15. The molecule has 2 aromatic rings. The number of carbonyl (C=O) groups excluding carboxylic acids is 1. The molecule has 1 aromatic carbocycles. The van der Waals surface area contributed by atoms with Crippen LogP contribution in [0.25, 0.3) is 0 Å². The van der Waals surface area contributed by atoms with Gasteiger partial charge in [-0.2, -0.15) is 0 Å². The van der Waals surface area contributed by atoms with Crippen molar-refractivity contribution in [2.24, 2.45) is 0 Å². The first kappa shape index (κ1) is 14.9. The summed E-state index contributed by atoms with van der Waals surface area (Å²) >= 11 is 1.23. The van der Waals surface area contributed by atoms with E-state index in [1.54, 1.807) is 6.92 Å². The maximum absolute atomic E-state index is 12.1. The van der Waals surface area contributed by atoms with Crippen LogP contribution in [0.3, 0.4) is 0 Å². The maximum Gasteiger partial charge on any atom is 0.293 e. The van der Waals surface area contributed by atoms with Crippen LogP contribution in [-0.4, -0.2) is 27.6 Å². The Bertz CT molecular complexity index is 685. The second-order valence-electron chi connectivity index (χ2n) is 4.10. The molecule has 1 aromatic heterocycles. The highest BCUT2D eigenvalue weighted by Gasteiger charge is 2.18. The highest BCUT2D eigenvalue weighted by molar-refractivity contribution is 7.15. The lowest BCUT2D eigenvalue weighted by atomic mass is 10.1. The number of rotatable bonds is 5.